The highest BCUT2D eigenvalue weighted by atomic mass is 32.2. The predicted octanol–water partition coefficient (Wildman–Crippen LogP) is 2.41. The SMILES string of the molecule is CNCc1ccc(SCCC(=O)NC(C)C)cc1. The Bertz CT molecular complexity index is 363. The third-order valence-corrected chi connectivity index (χ3v) is 3.37. The first kappa shape index (κ1) is 15.1. The normalized spacial score (nSPS) is 10.7. The fourth-order valence-electron chi connectivity index (χ4n) is 1.56. The van der Waals surface area contributed by atoms with Gasteiger partial charge in [0.2, 0.25) is 5.91 Å². The number of benzene rings is 1. The summed E-state index contributed by atoms with van der Waals surface area (Å²) in [5.41, 5.74) is 1.28. The molecule has 0 aliphatic heterocycles. The Hall–Kier alpha value is -1.00. The van der Waals surface area contributed by atoms with Gasteiger partial charge in [-0.2, -0.15) is 0 Å². The highest BCUT2D eigenvalue weighted by molar-refractivity contribution is 7.99. The van der Waals surface area contributed by atoms with Crippen LogP contribution in [0.2, 0.25) is 0 Å². The topological polar surface area (TPSA) is 41.1 Å². The molecule has 1 amide bonds. The van der Waals surface area contributed by atoms with Gasteiger partial charge in [-0.25, -0.2) is 0 Å². The van der Waals surface area contributed by atoms with Gasteiger partial charge in [-0.1, -0.05) is 12.1 Å². The van der Waals surface area contributed by atoms with E-state index in [1.807, 2.05) is 20.9 Å². The first-order valence-corrected chi connectivity index (χ1v) is 7.26. The second kappa shape index (κ2) is 8.16. The van der Waals surface area contributed by atoms with Crippen molar-refractivity contribution in [3.63, 3.8) is 0 Å². The number of hydrogen-bond donors (Lipinski definition) is 2. The molecule has 1 aromatic carbocycles. The van der Waals surface area contributed by atoms with Crippen molar-refractivity contribution in [2.24, 2.45) is 0 Å². The van der Waals surface area contributed by atoms with Crippen molar-refractivity contribution in [1.29, 1.82) is 0 Å². The van der Waals surface area contributed by atoms with Crippen molar-refractivity contribution in [3.8, 4) is 0 Å². The van der Waals surface area contributed by atoms with Crippen molar-refractivity contribution in [2.75, 3.05) is 12.8 Å². The Morgan fingerprint density at radius 3 is 2.50 bits per heavy atom. The number of amides is 1. The van der Waals surface area contributed by atoms with Crippen molar-refractivity contribution >= 4 is 17.7 Å². The van der Waals surface area contributed by atoms with Gasteiger partial charge in [0.05, 0.1) is 0 Å². The summed E-state index contributed by atoms with van der Waals surface area (Å²) in [5.74, 6) is 0.952. The zero-order valence-electron chi connectivity index (χ0n) is 11.3. The first-order chi connectivity index (χ1) is 8.61. The Kier molecular flexibility index (Phi) is 6.83. The number of thioether (sulfide) groups is 1. The zero-order chi connectivity index (χ0) is 13.4. The van der Waals surface area contributed by atoms with Crippen LogP contribution in [0, 0.1) is 0 Å². The van der Waals surface area contributed by atoms with Crippen LogP contribution in [0.1, 0.15) is 25.8 Å². The third kappa shape index (κ3) is 6.07. The van der Waals surface area contributed by atoms with Gasteiger partial charge < -0.3 is 10.6 Å². The van der Waals surface area contributed by atoms with Gasteiger partial charge in [-0.05, 0) is 38.6 Å². The maximum Gasteiger partial charge on any atom is 0.221 e. The second-order valence-corrected chi connectivity index (χ2v) is 5.66. The number of carbonyl (C=O) groups excluding carboxylic acids is 1. The maximum absolute atomic E-state index is 11.5. The number of carbonyl (C=O) groups is 1. The van der Waals surface area contributed by atoms with E-state index in [9.17, 15) is 4.79 Å². The molecule has 0 spiro atoms. The monoisotopic (exact) mass is 266 g/mol. The van der Waals surface area contributed by atoms with Crippen LogP contribution < -0.4 is 10.6 Å². The van der Waals surface area contributed by atoms with Gasteiger partial charge in [0.15, 0.2) is 0 Å². The summed E-state index contributed by atoms with van der Waals surface area (Å²) >= 11 is 1.72. The Morgan fingerprint density at radius 2 is 1.94 bits per heavy atom. The fraction of sp³-hybridized carbons (Fsp3) is 0.500. The van der Waals surface area contributed by atoms with E-state index in [0.717, 1.165) is 12.3 Å². The van der Waals surface area contributed by atoms with Crippen molar-refractivity contribution in [2.45, 2.75) is 37.8 Å². The first-order valence-electron chi connectivity index (χ1n) is 6.27. The summed E-state index contributed by atoms with van der Waals surface area (Å²) in [5, 5.41) is 6.01. The van der Waals surface area contributed by atoms with E-state index in [0.29, 0.717) is 6.42 Å². The Morgan fingerprint density at radius 1 is 1.28 bits per heavy atom. The average Bonchev–Trinajstić information content (AvgIpc) is 2.31. The molecule has 0 radical (unpaired) electrons. The molecule has 0 heterocycles. The maximum atomic E-state index is 11.5. The van der Waals surface area contributed by atoms with E-state index < -0.39 is 0 Å². The van der Waals surface area contributed by atoms with Crippen LogP contribution in [0.5, 0.6) is 0 Å². The fourth-order valence-corrected chi connectivity index (χ4v) is 2.42. The van der Waals surface area contributed by atoms with Gasteiger partial charge >= 0.3 is 0 Å². The average molecular weight is 266 g/mol. The molecule has 0 aliphatic carbocycles. The van der Waals surface area contributed by atoms with Gasteiger partial charge in [-0.3, -0.25) is 4.79 Å². The lowest BCUT2D eigenvalue weighted by atomic mass is 10.2. The molecule has 0 bridgehead atoms. The highest BCUT2D eigenvalue weighted by Crippen LogP contribution is 2.19. The molecule has 1 aromatic rings. The smallest absolute Gasteiger partial charge is 0.221 e. The van der Waals surface area contributed by atoms with Crippen LogP contribution >= 0.6 is 11.8 Å². The van der Waals surface area contributed by atoms with Gasteiger partial charge in [0, 0.05) is 29.7 Å². The zero-order valence-corrected chi connectivity index (χ0v) is 12.1. The summed E-state index contributed by atoms with van der Waals surface area (Å²) in [6, 6.07) is 8.68. The molecule has 0 saturated heterocycles. The highest BCUT2D eigenvalue weighted by Gasteiger charge is 2.03. The Balaban J connectivity index is 2.28. The van der Waals surface area contributed by atoms with Gasteiger partial charge in [0.1, 0.15) is 0 Å². The van der Waals surface area contributed by atoms with Crippen molar-refractivity contribution in [1.82, 2.24) is 10.6 Å². The lowest BCUT2D eigenvalue weighted by Crippen LogP contribution is -2.30. The van der Waals surface area contributed by atoms with Crippen molar-refractivity contribution in [3.05, 3.63) is 29.8 Å². The molecule has 1 rings (SSSR count). The van der Waals surface area contributed by atoms with Crippen molar-refractivity contribution < 1.29 is 4.79 Å². The minimum absolute atomic E-state index is 0.129. The van der Waals surface area contributed by atoms with E-state index in [-0.39, 0.29) is 11.9 Å². The number of rotatable bonds is 7. The summed E-state index contributed by atoms with van der Waals surface area (Å²) in [7, 11) is 1.94. The Labute approximate surface area is 114 Å². The van der Waals surface area contributed by atoms with E-state index in [1.54, 1.807) is 11.8 Å². The van der Waals surface area contributed by atoms with Gasteiger partial charge in [0.25, 0.3) is 0 Å². The molecule has 18 heavy (non-hydrogen) atoms. The van der Waals surface area contributed by atoms with Gasteiger partial charge in [-0.15, -0.1) is 11.8 Å². The summed E-state index contributed by atoms with van der Waals surface area (Å²) in [4.78, 5) is 12.7. The molecule has 0 aromatic heterocycles. The second-order valence-electron chi connectivity index (χ2n) is 4.49. The minimum atomic E-state index is 0.129. The van der Waals surface area contributed by atoms with Crippen LogP contribution in [-0.4, -0.2) is 24.7 Å². The summed E-state index contributed by atoms with van der Waals surface area (Å²) < 4.78 is 0. The molecule has 0 fully saturated rings. The molecule has 100 valence electrons. The van der Waals surface area contributed by atoms with Crippen LogP contribution in [0.4, 0.5) is 0 Å². The molecule has 4 heteroatoms. The summed E-state index contributed by atoms with van der Waals surface area (Å²) in [6.45, 7) is 4.85. The molecule has 0 aliphatic rings. The van der Waals surface area contributed by atoms with E-state index in [1.165, 1.54) is 10.5 Å². The van der Waals surface area contributed by atoms with Crippen LogP contribution in [-0.2, 0) is 11.3 Å². The molecule has 0 saturated carbocycles. The van der Waals surface area contributed by atoms with Crippen LogP contribution in [0.15, 0.2) is 29.2 Å². The quantitative estimate of drug-likeness (QED) is 0.745. The molecule has 3 nitrogen and oxygen atoms in total. The molecular formula is C14H22N2OS. The molecular weight excluding hydrogens is 244 g/mol. The van der Waals surface area contributed by atoms with E-state index in [4.69, 9.17) is 0 Å². The molecule has 0 atom stereocenters. The van der Waals surface area contributed by atoms with Crippen LogP contribution in [0.3, 0.4) is 0 Å². The number of nitrogens with one attached hydrogen (secondary N) is 2. The lowest BCUT2D eigenvalue weighted by molar-refractivity contribution is -0.121. The molecule has 2 N–H and O–H groups in total. The largest absolute Gasteiger partial charge is 0.354 e. The number of hydrogen-bond acceptors (Lipinski definition) is 3. The lowest BCUT2D eigenvalue weighted by Gasteiger charge is -2.08. The minimum Gasteiger partial charge on any atom is -0.354 e. The van der Waals surface area contributed by atoms with Crippen LogP contribution in [0.25, 0.3) is 0 Å². The predicted molar refractivity (Wildman–Crippen MR) is 77.8 cm³/mol. The van der Waals surface area contributed by atoms with E-state index >= 15 is 0 Å². The molecule has 0 unspecified atom stereocenters. The van der Waals surface area contributed by atoms with E-state index in [2.05, 4.69) is 34.9 Å². The standard InChI is InChI=1S/C14H22N2OS/c1-11(2)16-14(17)8-9-18-13-6-4-12(5-7-13)10-15-3/h4-7,11,15H,8-10H2,1-3H3,(H,16,17). The third-order valence-electron chi connectivity index (χ3n) is 2.35. The summed E-state index contributed by atoms with van der Waals surface area (Å²) in [6.07, 6.45) is 0.571.